The predicted molar refractivity (Wildman–Crippen MR) is 87.9 cm³/mol. The Bertz CT molecular complexity index is 721. The summed E-state index contributed by atoms with van der Waals surface area (Å²) in [4.78, 5) is 12.5. The van der Waals surface area contributed by atoms with E-state index in [1.54, 1.807) is 6.07 Å². The number of aryl methyl sites for hydroxylation is 1. The van der Waals surface area contributed by atoms with Crippen LogP contribution in [-0.2, 0) is 11.3 Å². The molecule has 24 heavy (non-hydrogen) atoms. The Hall–Kier alpha value is -2.27. The molecule has 1 aliphatic carbocycles. The molecule has 0 unspecified atom stereocenters. The van der Waals surface area contributed by atoms with Gasteiger partial charge in [0.05, 0.1) is 17.9 Å². The third-order valence-corrected chi connectivity index (χ3v) is 4.96. The van der Waals surface area contributed by atoms with Crippen molar-refractivity contribution in [2.45, 2.75) is 38.5 Å². The largest absolute Gasteiger partial charge is 0.486 e. The molecule has 2 heterocycles. The summed E-state index contributed by atoms with van der Waals surface area (Å²) in [6.07, 6.45) is 3.81. The summed E-state index contributed by atoms with van der Waals surface area (Å²) in [7, 11) is 0. The number of nitrogens with one attached hydrogen (secondary N) is 1. The van der Waals surface area contributed by atoms with E-state index in [1.807, 2.05) is 31.2 Å². The summed E-state index contributed by atoms with van der Waals surface area (Å²) in [5.41, 5.74) is 1.72. The van der Waals surface area contributed by atoms with Gasteiger partial charge < -0.3 is 19.2 Å². The lowest BCUT2D eigenvalue weighted by Crippen LogP contribution is -2.53. The van der Waals surface area contributed by atoms with Crippen molar-refractivity contribution in [3.8, 4) is 5.75 Å². The molecule has 0 radical (unpaired) electrons. The minimum absolute atomic E-state index is 0.0957. The van der Waals surface area contributed by atoms with Gasteiger partial charge in [0.2, 0.25) is 0 Å². The molecule has 3 atom stereocenters. The number of hydrogen-bond acceptors (Lipinski definition) is 4. The van der Waals surface area contributed by atoms with Gasteiger partial charge in [0.1, 0.15) is 12.4 Å². The van der Waals surface area contributed by atoms with Gasteiger partial charge in [-0.25, -0.2) is 0 Å². The summed E-state index contributed by atoms with van der Waals surface area (Å²) >= 11 is 0. The molecule has 1 aromatic carbocycles. The van der Waals surface area contributed by atoms with Gasteiger partial charge in [-0.1, -0.05) is 17.7 Å². The number of amides is 1. The van der Waals surface area contributed by atoms with Crippen LogP contribution in [0, 0.1) is 12.8 Å². The molecule has 1 N–H and O–H groups in total. The molecule has 5 nitrogen and oxygen atoms in total. The van der Waals surface area contributed by atoms with Crippen molar-refractivity contribution in [1.29, 1.82) is 0 Å². The summed E-state index contributed by atoms with van der Waals surface area (Å²) in [6, 6.07) is 9.71. The predicted octanol–water partition coefficient (Wildman–Crippen LogP) is 3.07. The maximum Gasteiger partial charge on any atom is 0.255 e. The Morgan fingerprint density at radius 2 is 2.12 bits per heavy atom. The van der Waals surface area contributed by atoms with Gasteiger partial charge in [-0.05, 0) is 38.0 Å². The molecule has 0 bridgehead atoms. The first-order chi connectivity index (χ1) is 11.7. The molecule has 2 aromatic rings. The van der Waals surface area contributed by atoms with E-state index in [-0.39, 0.29) is 18.6 Å². The van der Waals surface area contributed by atoms with Crippen molar-refractivity contribution in [3.05, 3.63) is 53.5 Å². The van der Waals surface area contributed by atoms with Gasteiger partial charge in [0, 0.05) is 18.6 Å². The second-order valence-electron chi connectivity index (χ2n) is 6.54. The normalized spacial score (nSPS) is 25.0. The Morgan fingerprint density at radius 1 is 1.29 bits per heavy atom. The fraction of sp³-hybridized carbons (Fsp3) is 0.421. The standard InChI is InChI=1S/C19H21NO4/c1-12-2-4-13(5-3-12)24-11-18-15(7-9-23-18)19(21)20-16-10-17-14(16)6-8-22-17/h2-5,7,9,14,16-17H,6,8,10-11H2,1H3,(H,20,21)/t14-,16-,17+/m1/s1. The average Bonchev–Trinajstić information content (AvgIpc) is 3.18. The van der Waals surface area contributed by atoms with Crippen molar-refractivity contribution in [1.82, 2.24) is 5.32 Å². The molecule has 0 spiro atoms. The highest BCUT2D eigenvalue weighted by molar-refractivity contribution is 5.95. The lowest BCUT2D eigenvalue weighted by atomic mass is 9.76. The van der Waals surface area contributed by atoms with E-state index in [1.165, 1.54) is 11.8 Å². The number of furan rings is 1. The molecule has 4 rings (SSSR count). The van der Waals surface area contributed by atoms with Gasteiger partial charge in [-0.3, -0.25) is 4.79 Å². The maximum atomic E-state index is 12.5. The van der Waals surface area contributed by atoms with Crippen LogP contribution in [0.25, 0.3) is 0 Å². The van der Waals surface area contributed by atoms with Crippen LogP contribution in [0.4, 0.5) is 0 Å². The molecule has 2 fully saturated rings. The van der Waals surface area contributed by atoms with Crippen LogP contribution in [0.15, 0.2) is 41.0 Å². The maximum absolute atomic E-state index is 12.5. The van der Waals surface area contributed by atoms with E-state index in [2.05, 4.69) is 5.32 Å². The van der Waals surface area contributed by atoms with Crippen LogP contribution in [-0.4, -0.2) is 24.7 Å². The number of carbonyl (C=O) groups excluding carboxylic acids is 1. The van der Waals surface area contributed by atoms with Gasteiger partial charge >= 0.3 is 0 Å². The molecule has 1 aromatic heterocycles. The molecule has 1 saturated heterocycles. The van der Waals surface area contributed by atoms with Crippen LogP contribution >= 0.6 is 0 Å². The van der Waals surface area contributed by atoms with Crippen LogP contribution in [0.5, 0.6) is 5.75 Å². The summed E-state index contributed by atoms with van der Waals surface area (Å²) < 4.78 is 16.7. The van der Waals surface area contributed by atoms with Crippen molar-refractivity contribution in [2.24, 2.45) is 5.92 Å². The van der Waals surface area contributed by atoms with Crippen LogP contribution in [0.1, 0.15) is 34.5 Å². The molecule has 1 saturated carbocycles. The van der Waals surface area contributed by atoms with Crippen LogP contribution in [0.3, 0.4) is 0 Å². The minimum Gasteiger partial charge on any atom is -0.486 e. The van der Waals surface area contributed by atoms with Crippen molar-refractivity contribution >= 4 is 5.91 Å². The Kier molecular flexibility index (Phi) is 4.02. The molecular formula is C19H21NO4. The minimum atomic E-state index is -0.0957. The quantitative estimate of drug-likeness (QED) is 0.917. The third kappa shape index (κ3) is 2.91. The number of rotatable bonds is 5. The summed E-state index contributed by atoms with van der Waals surface area (Å²) in [5.74, 6) is 1.68. The lowest BCUT2D eigenvalue weighted by molar-refractivity contribution is 0.00805. The monoisotopic (exact) mass is 327 g/mol. The number of carbonyl (C=O) groups is 1. The molecule has 2 aliphatic rings. The zero-order valence-electron chi connectivity index (χ0n) is 13.7. The van der Waals surface area contributed by atoms with Gasteiger partial charge in [0.25, 0.3) is 5.91 Å². The first-order valence-corrected chi connectivity index (χ1v) is 8.39. The van der Waals surface area contributed by atoms with Gasteiger partial charge in [-0.15, -0.1) is 0 Å². The van der Waals surface area contributed by atoms with Crippen molar-refractivity contribution < 1.29 is 18.7 Å². The summed E-state index contributed by atoms with van der Waals surface area (Å²) in [5, 5.41) is 3.10. The highest BCUT2D eigenvalue weighted by Crippen LogP contribution is 2.38. The van der Waals surface area contributed by atoms with E-state index >= 15 is 0 Å². The van der Waals surface area contributed by atoms with E-state index in [0.717, 1.165) is 25.2 Å². The molecule has 126 valence electrons. The second-order valence-corrected chi connectivity index (χ2v) is 6.54. The highest BCUT2D eigenvalue weighted by Gasteiger charge is 2.45. The number of fused-ring (bicyclic) bond motifs is 1. The van der Waals surface area contributed by atoms with Gasteiger partial charge in [-0.2, -0.15) is 0 Å². The molecule has 5 heteroatoms. The molecule has 1 aliphatic heterocycles. The van der Waals surface area contributed by atoms with E-state index in [9.17, 15) is 4.79 Å². The molecular weight excluding hydrogens is 306 g/mol. The van der Waals surface area contributed by atoms with Crippen LogP contribution < -0.4 is 10.1 Å². The van der Waals surface area contributed by atoms with Crippen LogP contribution in [0.2, 0.25) is 0 Å². The lowest BCUT2D eigenvalue weighted by Gasteiger charge is -2.39. The topological polar surface area (TPSA) is 60.7 Å². The van der Waals surface area contributed by atoms with E-state index in [4.69, 9.17) is 13.9 Å². The third-order valence-electron chi connectivity index (χ3n) is 4.96. The van der Waals surface area contributed by atoms with Crippen molar-refractivity contribution in [2.75, 3.05) is 6.61 Å². The highest BCUT2D eigenvalue weighted by atomic mass is 16.5. The van der Waals surface area contributed by atoms with E-state index < -0.39 is 0 Å². The zero-order chi connectivity index (χ0) is 16.5. The first kappa shape index (κ1) is 15.3. The van der Waals surface area contributed by atoms with Crippen molar-refractivity contribution in [3.63, 3.8) is 0 Å². The average molecular weight is 327 g/mol. The number of hydrogen-bond donors (Lipinski definition) is 1. The second kappa shape index (κ2) is 6.32. The smallest absolute Gasteiger partial charge is 0.255 e. The SMILES string of the molecule is Cc1ccc(OCc2occc2C(=O)N[C@@H]2C[C@@H]3OCC[C@@H]32)cc1. The Balaban J connectivity index is 1.37. The Labute approximate surface area is 140 Å². The Morgan fingerprint density at radius 3 is 2.92 bits per heavy atom. The summed E-state index contributed by atoms with van der Waals surface area (Å²) in [6.45, 7) is 3.07. The molecule has 1 amide bonds. The number of benzene rings is 1. The fourth-order valence-corrected chi connectivity index (χ4v) is 3.45. The first-order valence-electron chi connectivity index (χ1n) is 8.39. The fourth-order valence-electron chi connectivity index (χ4n) is 3.45. The number of ether oxygens (including phenoxy) is 2. The van der Waals surface area contributed by atoms with E-state index in [0.29, 0.717) is 23.3 Å². The van der Waals surface area contributed by atoms with Gasteiger partial charge in [0.15, 0.2) is 5.76 Å². The zero-order valence-corrected chi connectivity index (χ0v) is 13.7.